The van der Waals surface area contributed by atoms with Crippen molar-refractivity contribution >= 4 is 0 Å². The molecule has 0 radical (unpaired) electrons. The first-order valence-electron chi connectivity index (χ1n) is 6.57. The minimum Gasteiger partial charge on any atom is -0.389 e. The van der Waals surface area contributed by atoms with Gasteiger partial charge in [-0.2, -0.15) is 0 Å². The molecule has 1 fully saturated rings. The van der Waals surface area contributed by atoms with Crippen molar-refractivity contribution in [1.29, 1.82) is 0 Å². The Hall–Kier alpha value is -0.930. The van der Waals surface area contributed by atoms with E-state index in [1.165, 1.54) is 12.1 Å². The topological polar surface area (TPSA) is 29.5 Å². The van der Waals surface area contributed by atoms with Crippen molar-refractivity contribution in [2.75, 3.05) is 6.61 Å². The maximum Gasteiger partial charge on any atom is 0.123 e. The molecule has 18 heavy (non-hydrogen) atoms. The fourth-order valence-electron chi connectivity index (χ4n) is 2.55. The normalized spacial score (nSPS) is 28.6. The van der Waals surface area contributed by atoms with Crippen molar-refractivity contribution in [3.63, 3.8) is 0 Å². The third-order valence-corrected chi connectivity index (χ3v) is 3.65. The quantitative estimate of drug-likeness (QED) is 0.896. The van der Waals surface area contributed by atoms with Gasteiger partial charge in [0.05, 0.1) is 11.7 Å². The Bertz CT molecular complexity index is 405. The van der Waals surface area contributed by atoms with Crippen molar-refractivity contribution in [3.05, 3.63) is 35.6 Å². The van der Waals surface area contributed by atoms with E-state index in [1.807, 2.05) is 6.07 Å². The number of ether oxygens (including phenoxy) is 1. The molecule has 2 rings (SSSR count). The molecule has 0 bridgehead atoms. The van der Waals surface area contributed by atoms with Gasteiger partial charge in [0.2, 0.25) is 0 Å². The van der Waals surface area contributed by atoms with Gasteiger partial charge in [0.1, 0.15) is 5.82 Å². The average molecular weight is 252 g/mol. The first-order chi connectivity index (χ1) is 8.48. The summed E-state index contributed by atoms with van der Waals surface area (Å²) in [6.45, 7) is 4.77. The average Bonchev–Trinajstić information content (AvgIpc) is 2.28. The smallest absolute Gasteiger partial charge is 0.123 e. The second-order valence-electron chi connectivity index (χ2n) is 5.64. The van der Waals surface area contributed by atoms with E-state index in [0.29, 0.717) is 31.8 Å². The van der Waals surface area contributed by atoms with Crippen LogP contribution in [0.1, 0.15) is 32.3 Å². The van der Waals surface area contributed by atoms with E-state index in [2.05, 4.69) is 13.8 Å². The van der Waals surface area contributed by atoms with Gasteiger partial charge in [-0.15, -0.1) is 0 Å². The molecule has 1 saturated heterocycles. The molecule has 2 nitrogen and oxygen atoms in total. The molecule has 1 aromatic rings. The van der Waals surface area contributed by atoms with Crippen LogP contribution in [0.3, 0.4) is 0 Å². The molecule has 1 N–H and O–H groups in total. The number of hydrogen-bond acceptors (Lipinski definition) is 2. The first kappa shape index (κ1) is 13.5. The third-order valence-electron chi connectivity index (χ3n) is 3.65. The molecular formula is C15H21FO2. The van der Waals surface area contributed by atoms with E-state index < -0.39 is 5.60 Å². The Morgan fingerprint density at radius 2 is 2.28 bits per heavy atom. The highest BCUT2D eigenvalue weighted by Gasteiger charge is 2.36. The highest BCUT2D eigenvalue weighted by Crippen LogP contribution is 2.31. The number of rotatable bonds is 3. The molecule has 0 amide bonds. The Morgan fingerprint density at radius 1 is 1.50 bits per heavy atom. The Balaban J connectivity index is 2.07. The van der Waals surface area contributed by atoms with Crippen LogP contribution in [0.15, 0.2) is 24.3 Å². The molecule has 0 aromatic heterocycles. The molecular weight excluding hydrogens is 231 g/mol. The summed E-state index contributed by atoms with van der Waals surface area (Å²) < 4.78 is 18.8. The SMILES string of the molecule is CC(C)C1CC(O)(Cc2cccc(F)c2)CCO1. The summed E-state index contributed by atoms with van der Waals surface area (Å²) in [7, 11) is 0. The molecule has 1 aromatic carbocycles. The van der Waals surface area contributed by atoms with Crippen LogP contribution in [0.25, 0.3) is 0 Å². The minimum atomic E-state index is -0.763. The maximum absolute atomic E-state index is 13.1. The van der Waals surface area contributed by atoms with E-state index in [0.717, 1.165) is 5.56 Å². The monoisotopic (exact) mass is 252 g/mol. The summed E-state index contributed by atoms with van der Waals surface area (Å²) in [6, 6.07) is 6.47. The molecule has 3 heteroatoms. The Kier molecular flexibility index (Phi) is 4.03. The molecule has 2 atom stereocenters. The van der Waals surface area contributed by atoms with Gasteiger partial charge < -0.3 is 9.84 Å². The maximum atomic E-state index is 13.1. The predicted molar refractivity (Wildman–Crippen MR) is 68.9 cm³/mol. The number of aliphatic hydroxyl groups is 1. The van der Waals surface area contributed by atoms with E-state index in [9.17, 15) is 9.50 Å². The van der Waals surface area contributed by atoms with Crippen molar-refractivity contribution in [2.45, 2.75) is 44.8 Å². The fourth-order valence-corrected chi connectivity index (χ4v) is 2.55. The molecule has 1 heterocycles. The molecule has 100 valence electrons. The van der Waals surface area contributed by atoms with Crippen LogP contribution in [0.5, 0.6) is 0 Å². The largest absolute Gasteiger partial charge is 0.389 e. The van der Waals surface area contributed by atoms with E-state index in [1.54, 1.807) is 6.07 Å². The highest BCUT2D eigenvalue weighted by molar-refractivity contribution is 5.18. The molecule has 0 aliphatic carbocycles. The lowest BCUT2D eigenvalue weighted by molar-refractivity contribution is -0.116. The van der Waals surface area contributed by atoms with E-state index in [4.69, 9.17) is 4.74 Å². The zero-order valence-electron chi connectivity index (χ0n) is 11.0. The van der Waals surface area contributed by atoms with Crippen LogP contribution >= 0.6 is 0 Å². The standard InChI is InChI=1S/C15H21FO2/c1-11(2)14-10-15(17,6-7-18-14)9-12-4-3-5-13(16)8-12/h3-5,8,11,14,17H,6-7,9-10H2,1-2H3. The summed E-state index contributed by atoms with van der Waals surface area (Å²) in [5.74, 6) is 0.146. The summed E-state index contributed by atoms with van der Waals surface area (Å²) in [4.78, 5) is 0. The van der Waals surface area contributed by atoms with Gasteiger partial charge in [-0.05, 0) is 30.0 Å². The van der Waals surface area contributed by atoms with Crippen molar-refractivity contribution in [2.24, 2.45) is 5.92 Å². The van der Waals surface area contributed by atoms with E-state index in [-0.39, 0.29) is 11.9 Å². The second-order valence-corrected chi connectivity index (χ2v) is 5.64. The van der Waals surface area contributed by atoms with Crippen LogP contribution in [0.2, 0.25) is 0 Å². The highest BCUT2D eigenvalue weighted by atomic mass is 19.1. The van der Waals surface area contributed by atoms with Gasteiger partial charge in [-0.1, -0.05) is 26.0 Å². The molecule has 0 saturated carbocycles. The summed E-state index contributed by atoms with van der Waals surface area (Å²) in [6.07, 6.45) is 1.84. The van der Waals surface area contributed by atoms with Crippen LogP contribution in [-0.2, 0) is 11.2 Å². The van der Waals surface area contributed by atoms with Crippen molar-refractivity contribution < 1.29 is 14.2 Å². The molecule has 1 aliphatic heterocycles. The summed E-state index contributed by atoms with van der Waals surface area (Å²) >= 11 is 0. The number of hydrogen-bond donors (Lipinski definition) is 1. The van der Waals surface area contributed by atoms with Crippen LogP contribution < -0.4 is 0 Å². The predicted octanol–water partition coefficient (Wildman–Crippen LogP) is 2.93. The van der Waals surface area contributed by atoms with Gasteiger partial charge in [0.15, 0.2) is 0 Å². The third kappa shape index (κ3) is 3.30. The van der Waals surface area contributed by atoms with Crippen LogP contribution in [0, 0.1) is 11.7 Å². The zero-order chi connectivity index (χ0) is 13.2. The van der Waals surface area contributed by atoms with Crippen molar-refractivity contribution in [1.82, 2.24) is 0 Å². The lowest BCUT2D eigenvalue weighted by atomic mass is 9.82. The lowest BCUT2D eigenvalue weighted by Crippen LogP contribution is -2.44. The Morgan fingerprint density at radius 3 is 2.94 bits per heavy atom. The van der Waals surface area contributed by atoms with E-state index >= 15 is 0 Å². The number of benzene rings is 1. The van der Waals surface area contributed by atoms with Gasteiger partial charge in [0.25, 0.3) is 0 Å². The van der Waals surface area contributed by atoms with Gasteiger partial charge in [-0.25, -0.2) is 4.39 Å². The Labute approximate surface area is 108 Å². The van der Waals surface area contributed by atoms with Gasteiger partial charge >= 0.3 is 0 Å². The summed E-state index contributed by atoms with van der Waals surface area (Å²) in [5.41, 5.74) is 0.0861. The van der Waals surface area contributed by atoms with Crippen LogP contribution in [-0.4, -0.2) is 23.4 Å². The molecule has 2 unspecified atom stereocenters. The molecule has 1 aliphatic rings. The minimum absolute atomic E-state index is 0.0947. The zero-order valence-corrected chi connectivity index (χ0v) is 11.0. The molecule has 0 spiro atoms. The van der Waals surface area contributed by atoms with Crippen LogP contribution in [0.4, 0.5) is 4.39 Å². The lowest BCUT2D eigenvalue weighted by Gasteiger charge is -2.38. The van der Waals surface area contributed by atoms with Crippen molar-refractivity contribution in [3.8, 4) is 0 Å². The van der Waals surface area contributed by atoms with Gasteiger partial charge in [-0.3, -0.25) is 0 Å². The summed E-state index contributed by atoms with van der Waals surface area (Å²) in [5, 5.41) is 10.6. The fraction of sp³-hybridized carbons (Fsp3) is 0.600. The van der Waals surface area contributed by atoms with Gasteiger partial charge in [0, 0.05) is 19.4 Å². The number of halogens is 1. The second kappa shape index (κ2) is 5.37. The first-order valence-corrected chi connectivity index (χ1v) is 6.57.